The number of fused-ring (bicyclic) bond motifs is 1. The first kappa shape index (κ1) is 14.9. The van der Waals surface area contributed by atoms with Crippen LogP contribution >= 0.6 is 23.4 Å². The fourth-order valence-corrected chi connectivity index (χ4v) is 2.94. The van der Waals surface area contributed by atoms with Gasteiger partial charge in [0.15, 0.2) is 5.82 Å². The van der Waals surface area contributed by atoms with E-state index >= 15 is 0 Å². The maximum absolute atomic E-state index is 11.6. The van der Waals surface area contributed by atoms with E-state index in [1.165, 1.54) is 11.8 Å². The minimum absolute atomic E-state index is 0.167. The fourth-order valence-electron chi connectivity index (χ4n) is 2.01. The summed E-state index contributed by atoms with van der Waals surface area (Å²) in [6.07, 6.45) is 0.167. The van der Waals surface area contributed by atoms with Crippen LogP contribution in [0, 0.1) is 0 Å². The summed E-state index contributed by atoms with van der Waals surface area (Å²) in [5.74, 6) is 0.320. The number of hydrogen-bond donors (Lipinski definition) is 1. The molecule has 3 rings (SSSR count). The van der Waals surface area contributed by atoms with Gasteiger partial charge in [0.05, 0.1) is 23.7 Å². The average molecular weight is 337 g/mol. The van der Waals surface area contributed by atoms with Crippen molar-refractivity contribution in [3.05, 3.63) is 40.4 Å². The predicted octanol–water partition coefficient (Wildman–Crippen LogP) is 3.04. The highest BCUT2D eigenvalue weighted by Gasteiger charge is 2.21. The Labute approximate surface area is 136 Å². The number of esters is 1. The Bertz CT molecular complexity index is 744. The Hall–Kier alpha value is -1.99. The van der Waals surface area contributed by atoms with Crippen LogP contribution in [0.15, 0.2) is 40.5 Å². The summed E-state index contributed by atoms with van der Waals surface area (Å²) in [4.78, 5) is 11.6. The Morgan fingerprint density at radius 2 is 2.23 bits per heavy atom. The van der Waals surface area contributed by atoms with Crippen molar-refractivity contribution in [2.45, 2.75) is 18.5 Å². The molecule has 0 spiro atoms. The van der Waals surface area contributed by atoms with Gasteiger partial charge in [-0.1, -0.05) is 35.5 Å². The highest BCUT2D eigenvalue weighted by atomic mass is 35.5. The zero-order chi connectivity index (χ0) is 15.5. The molecule has 2 aromatic rings. The molecule has 1 aromatic heterocycles. The van der Waals surface area contributed by atoms with E-state index < -0.39 is 0 Å². The van der Waals surface area contributed by atoms with Crippen molar-refractivity contribution in [3.63, 3.8) is 0 Å². The standard InChI is InChI=1S/C14H13ClN4O2S/c1-2-21-12(20)7-9-8-22-14-17-16-13(19(14)18-9)10-5-3-4-6-11(10)15/h3-6,8,18H,2,7H2,1H3. The topological polar surface area (TPSA) is 69.0 Å². The molecule has 6 nitrogen and oxygen atoms in total. The highest BCUT2D eigenvalue weighted by Crippen LogP contribution is 2.31. The third-order valence-electron chi connectivity index (χ3n) is 2.95. The second-order valence-electron chi connectivity index (χ2n) is 4.48. The lowest BCUT2D eigenvalue weighted by molar-refractivity contribution is -0.142. The van der Waals surface area contributed by atoms with Gasteiger partial charge in [-0.3, -0.25) is 10.2 Å². The molecule has 0 radical (unpaired) electrons. The molecule has 0 atom stereocenters. The summed E-state index contributed by atoms with van der Waals surface area (Å²) in [5, 5.41) is 11.4. The van der Waals surface area contributed by atoms with Gasteiger partial charge in [-0.2, -0.15) is 0 Å². The van der Waals surface area contributed by atoms with E-state index in [1.54, 1.807) is 17.7 Å². The normalized spacial score (nSPS) is 13.1. The van der Waals surface area contributed by atoms with Crippen molar-refractivity contribution in [2.75, 3.05) is 12.0 Å². The molecule has 1 aliphatic heterocycles. The number of nitrogens with one attached hydrogen (secondary N) is 1. The van der Waals surface area contributed by atoms with Gasteiger partial charge >= 0.3 is 5.97 Å². The molecular weight excluding hydrogens is 324 g/mol. The third-order valence-corrected chi connectivity index (χ3v) is 4.16. The van der Waals surface area contributed by atoms with E-state index in [9.17, 15) is 4.79 Å². The predicted molar refractivity (Wildman–Crippen MR) is 85.0 cm³/mol. The number of halogens is 1. The van der Waals surface area contributed by atoms with Gasteiger partial charge in [0.2, 0.25) is 5.16 Å². The molecule has 0 bridgehead atoms. The number of thioether (sulfide) groups is 1. The van der Waals surface area contributed by atoms with Crippen LogP contribution in [-0.2, 0) is 9.53 Å². The van der Waals surface area contributed by atoms with Gasteiger partial charge in [-0.25, -0.2) is 4.68 Å². The zero-order valence-corrected chi connectivity index (χ0v) is 13.3. The number of benzene rings is 1. The summed E-state index contributed by atoms with van der Waals surface area (Å²) in [5.41, 5.74) is 4.63. The largest absolute Gasteiger partial charge is 0.466 e. The number of carbonyl (C=O) groups is 1. The Balaban J connectivity index is 1.85. The molecule has 1 aromatic carbocycles. The van der Waals surface area contributed by atoms with E-state index in [1.807, 2.05) is 23.6 Å². The fraction of sp³-hybridized carbons (Fsp3) is 0.214. The minimum Gasteiger partial charge on any atom is -0.466 e. The summed E-state index contributed by atoms with van der Waals surface area (Å²) >= 11 is 7.61. The lowest BCUT2D eigenvalue weighted by Crippen LogP contribution is -2.21. The Morgan fingerprint density at radius 3 is 3.00 bits per heavy atom. The minimum atomic E-state index is -0.280. The van der Waals surface area contributed by atoms with Crippen molar-refractivity contribution >= 4 is 29.3 Å². The van der Waals surface area contributed by atoms with Gasteiger partial charge in [-0.05, 0) is 19.1 Å². The lowest BCUT2D eigenvalue weighted by Gasteiger charge is -2.18. The number of nitrogens with zero attached hydrogens (tertiary/aromatic N) is 3. The van der Waals surface area contributed by atoms with Crippen LogP contribution in [0.4, 0.5) is 0 Å². The molecule has 8 heteroatoms. The van der Waals surface area contributed by atoms with E-state index in [4.69, 9.17) is 16.3 Å². The number of ether oxygens (including phenoxy) is 1. The molecule has 0 aliphatic carbocycles. The summed E-state index contributed by atoms with van der Waals surface area (Å²) in [6, 6.07) is 7.40. The van der Waals surface area contributed by atoms with Gasteiger partial charge in [0.1, 0.15) is 0 Å². The van der Waals surface area contributed by atoms with Crippen LogP contribution in [0.1, 0.15) is 13.3 Å². The molecule has 0 amide bonds. The van der Waals surface area contributed by atoms with E-state index in [0.29, 0.717) is 22.6 Å². The number of hydrogen-bond acceptors (Lipinski definition) is 6. The van der Waals surface area contributed by atoms with Crippen LogP contribution in [0.2, 0.25) is 5.02 Å². The number of aromatic nitrogens is 3. The quantitative estimate of drug-likeness (QED) is 0.865. The third kappa shape index (κ3) is 2.95. The first-order chi connectivity index (χ1) is 10.7. The van der Waals surface area contributed by atoms with Gasteiger partial charge in [0.25, 0.3) is 0 Å². The highest BCUT2D eigenvalue weighted by molar-refractivity contribution is 8.02. The SMILES string of the molecule is CCOC(=O)CC1=CSc2nnc(-c3ccccc3Cl)n2N1. The van der Waals surface area contributed by atoms with E-state index in [-0.39, 0.29) is 12.4 Å². The number of rotatable bonds is 4. The molecule has 22 heavy (non-hydrogen) atoms. The molecule has 0 fully saturated rings. The maximum atomic E-state index is 11.6. The van der Waals surface area contributed by atoms with Gasteiger partial charge < -0.3 is 4.74 Å². The molecule has 114 valence electrons. The molecule has 2 heterocycles. The molecule has 1 aliphatic rings. The summed E-state index contributed by atoms with van der Waals surface area (Å²) < 4.78 is 6.68. The van der Waals surface area contributed by atoms with Crippen molar-refractivity contribution in [3.8, 4) is 11.4 Å². The van der Waals surface area contributed by atoms with Crippen molar-refractivity contribution < 1.29 is 9.53 Å². The first-order valence-corrected chi connectivity index (χ1v) is 7.93. The molecule has 0 saturated carbocycles. The maximum Gasteiger partial charge on any atom is 0.311 e. The smallest absolute Gasteiger partial charge is 0.311 e. The van der Waals surface area contributed by atoms with Crippen molar-refractivity contribution in [1.82, 2.24) is 14.9 Å². The Kier molecular flexibility index (Phi) is 4.35. The van der Waals surface area contributed by atoms with Crippen LogP contribution in [0.3, 0.4) is 0 Å². The van der Waals surface area contributed by atoms with Crippen LogP contribution in [0.5, 0.6) is 0 Å². The van der Waals surface area contributed by atoms with Gasteiger partial charge in [0, 0.05) is 11.0 Å². The second kappa shape index (κ2) is 6.41. The molecule has 1 N–H and O–H groups in total. The van der Waals surface area contributed by atoms with E-state index in [2.05, 4.69) is 15.6 Å². The van der Waals surface area contributed by atoms with Crippen LogP contribution in [0.25, 0.3) is 11.4 Å². The lowest BCUT2D eigenvalue weighted by atomic mass is 10.2. The average Bonchev–Trinajstić information content (AvgIpc) is 2.91. The second-order valence-corrected chi connectivity index (χ2v) is 5.72. The van der Waals surface area contributed by atoms with Crippen LogP contribution in [-0.4, -0.2) is 27.4 Å². The van der Waals surface area contributed by atoms with Crippen molar-refractivity contribution in [2.24, 2.45) is 0 Å². The summed E-state index contributed by atoms with van der Waals surface area (Å²) in [6.45, 7) is 2.14. The molecule has 0 saturated heterocycles. The molecule has 0 unspecified atom stereocenters. The van der Waals surface area contributed by atoms with Gasteiger partial charge in [-0.15, -0.1) is 10.2 Å². The number of carbonyl (C=O) groups excluding carboxylic acids is 1. The first-order valence-electron chi connectivity index (χ1n) is 6.67. The summed E-state index contributed by atoms with van der Waals surface area (Å²) in [7, 11) is 0. The Morgan fingerprint density at radius 1 is 1.41 bits per heavy atom. The zero-order valence-electron chi connectivity index (χ0n) is 11.7. The van der Waals surface area contributed by atoms with E-state index in [0.717, 1.165) is 11.3 Å². The van der Waals surface area contributed by atoms with Crippen molar-refractivity contribution in [1.29, 1.82) is 0 Å². The molecular formula is C14H13ClN4O2S. The van der Waals surface area contributed by atoms with Crippen LogP contribution < -0.4 is 5.43 Å². The monoisotopic (exact) mass is 336 g/mol.